The molecule has 0 heterocycles. The summed E-state index contributed by atoms with van der Waals surface area (Å²) in [6, 6.07) is 8.41. The number of nitrogens with zero attached hydrogens (tertiary/aromatic N) is 2. The predicted molar refractivity (Wildman–Crippen MR) is 109 cm³/mol. The van der Waals surface area contributed by atoms with Gasteiger partial charge in [0.1, 0.15) is 0 Å². The van der Waals surface area contributed by atoms with E-state index in [0.29, 0.717) is 26.4 Å². The Hall–Kier alpha value is -1.85. The molecule has 0 unspecified atom stereocenters. The van der Waals surface area contributed by atoms with E-state index in [1.807, 2.05) is 13.0 Å². The van der Waals surface area contributed by atoms with E-state index >= 15 is 0 Å². The molecule has 0 saturated carbocycles. The second-order valence-corrected chi connectivity index (χ2v) is 6.09. The van der Waals surface area contributed by atoms with Crippen LogP contribution in [0.3, 0.4) is 0 Å². The number of ether oxygens (including phenoxy) is 2. The number of rotatable bonds is 13. The molecule has 0 radical (unpaired) electrons. The molecule has 5 nitrogen and oxygen atoms in total. The van der Waals surface area contributed by atoms with Gasteiger partial charge in [0.15, 0.2) is 5.96 Å². The first-order valence-corrected chi connectivity index (χ1v) is 9.54. The number of guanidine groups is 1. The molecular weight excluding hydrogens is 326 g/mol. The van der Waals surface area contributed by atoms with Gasteiger partial charge in [-0.25, -0.2) is 4.99 Å². The van der Waals surface area contributed by atoms with E-state index in [1.165, 1.54) is 11.1 Å². The average Bonchev–Trinajstić information content (AvgIpc) is 2.65. The second-order valence-electron chi connectivity index (χ2n) is 6.09. The number of hydrogen-bond acceptors (Lipinski definition) is 3. The topological polar surface area (TPSA) is 46.1 Å². The maximum Gasteiger partial charge on any atom is 0.193 e. The SMILES string of the molecule is C=CCCCN(C)C(=NCc1cccc(COCCOCC)c1)NCC. The van der Waals surface area contributed by atoms with Gasteiger partial charge in [-0.3, -0.25) is 0 Å². The van der Waals surface area contributed by atoms with Gasteiger partial charge in [-0.2, -0.15) is 0 Å². The molecule has 0 atom stereocenters. The molecule has 1 aromatic carbocycles. The summed E-state index contributed by atoms with van der Waals surface area (Å²) >= 11 is 0. The summed E-state index contributed by atoms with van der Waals surface area (Å²) in [6.45, 7) is 12.9. The van der Waals surface area contributed by atoms with Crippen molar-refractivity contribution in [1.82, 2.24) is 10.2 Å². The molecule has 5 heteroatoms. The van der Waals surface area contributed by atoms with Crippen molar-refractivity contribution in [3.8, 4) is 0 Å². The van der Waals surface area contributed by atoms with E-state index in [0.717, 1.165) is 38.5 Å². The fourth-order valence-electron chi connectivity index (χ4n) is 2.48. The van der Waals surface area contributed by atoms with E-state index in [-0.39, 0.29) is 0 Å². The highest BCUT2D eigenvalue weighted by atomic mass is 16.5. The lowest BCUT2D eigenvalue weighted by Crippen LogP contribution is -2.39. The standard InChI is InChI=1S/C21H35N3O2/c1-5-8-9-13-24(4)21(22-6-2)23-17-19-11-10-12-20(16-19)18-26-15-14-25-7-3/h5,10-12,16H,1,6-9,13-15,17-18H2,2-4H3,(H,22,23). The lowest BCUT2D eigenvalue weighted by atomic mass is 10.1. The van der Waals surface area contributed by atoms with Gasteiger partial charge in [0, 0.05) is 26.7 Å². The molecule has 0 aliphatic rings. The van der Waals surface area contributed by atoms with Crippen LogP contribution in [-0.2, 0) is 22.6 Å². The molecule has 1 rings (SSSR count). The summed E-state index contributed by atoms with van der Waals surface area (Å²) in [7, 11) is 2.08. The Morgan fingerprint density at radius 1 is 1.23 bits per heavy atom. The van der Waals surface area contributed by atoms with E-state index in [9.17, 15) is 0 Å². The van der Waals surface area contributed by atoms with Crippen LogP contribution in [-0.4, -0.2) is 50.8 Å². The zero-order valence-electron chi connectivity index (χ0n) is 16.7. The molecule has 0 spiro atoms. The number of unbranched alkanes of at least 4 members (excludes halogenated alkanes) is 1. The summed E-state index contributed by atoms with van der Waals surface area (Å²) in [5.74, 6) is 0.940. The van der Waals surface area contributed by atoms with Crippen molar-refractivity contribution >= 4 is 5.96 Å². The van der Waals surface area contributed by atoms with Gasteiger partial charge in [-0.05, 0) is 37.8 Å². The fraction of sp³-hybridized carbons (Fsp3) is 0.571. The van der Waals surface area contributed by atoms with E-state index in [1.54, 1.807) is 0 Å². The molecule has 0 bridgehead atoms. The molecule has 1 aromatic rings. The molecule has 0 aromatic heterocycles. The van der Waals surface area contributed by atoms with Gasteiger partial charge in [0.25, 0.3) is 0 Å². The highest BCUT2D eigenvalue weighted by molar-refractivity contribution is 5.79. The Morgan fingerprint density at radius 3 is 2.73 bits per heavy atom. The van der Waals surface area contributed by atoms with Gasteiger partial charge in [-0.1, -0.05) is 30.3 Å². The summed E-state index contributed by atoms with van der Waals surface area (Å²) in [5, 5.41) is 3.36. The van der Waals surface area contributed by atoms with Crippen LogP contribution < -0.4 is 5.32 Å². The lowest BCUT2D eigenvalue weighted by Gasteiger charge is -2.21. The molecule has 146 valence electrons. The Kier molecular flexibility index (Phi) is 12.2. The van der Waals surface area contributed by atoms with Crippen LogP contribution in [0.5, 0.6) is 0 Å². The first-order chi connectivity index (χ1) is 12.7. The molecule has 26 heavy (non-hydrogen) atoms. The van der Waals surface area contributed by atoms with Gasteiger partial charge >= 0.3 is 0 Å². The van der Waals surface area contributed by atoms with Crippen LogP contribution in [0.2, 0.25) is 0 Å². The monoisotopic (exact) mass is 361 g/mol. The third-order valence-corrected chi connectivity index (χ3v) is 3.85. The predicted octanol–water partition coefficient (Wildman–Crippen LogP) is 3.60. The van der Waals surface area contributed by atoms with Crippen molar-refractivity contribution < 1.29 is 9.47 Å². The van der Waals surface area contributed by atoms with E-state index < -0.39 is 0 Å². The first-order valence-electron chi connectivity index (χ1n) is 9.54. The minimum atomic E-state index is 0.603. The quantitative estimate of drug-likeness (QED) is 0.252. The third-order valence-electron chi connectivity index (χ3n) is 3.85. The number of nitrogens with one attached hydrogen (secondary N) is 1. The molecular formula is C21H35N3O2. The van der Waals surface area contributed by atoms with E-state index in [4.69, 9.17) is 14.5 Å². The Balaban J connectivity index is 2.56. The highest BCUT2D eigenvalue weighted by Gasteiger charge is 2.05. The molecule has 0 aliphatic heterocycles. The maximum absolute atomic E-state index is 5.64. The Morgan fingerprint density at radius 2 is 2.00 bits per heavy atom. The summed E-state index contributed by atoms with van der Waals surface area (Å²) in [6.07, 6.45) is 4.06. The largest absolute Gasteiger partial charge is 0.379 e. The minimum Gasteiger partial charge on any atom is -0.379 e. The van der Waals surface area contributed by atoms with Gasteiger partial charge < -0.3 is 19.7 Å². The van der Waals surface area contributed by atoms with Crippen molar-refractivity contribution in [2.24, 2.45) is 4.99 Å². The highest BCUT2D eigenvalue weighted by Crippen LogP contribution is 2.08. The number of benzene rings is 1. The number of allylic oxidation sites excluding steroid dienone is 1. The molecule has 0 fully saturated rings. The van der Waals surface area contributed by atoms with Crippen molar-refractivity contribution in [3.05, 3.63) is 48.0 Å². The van der Waals surface area contributed by atoms with Crippen molar-refractivity contribution in [3.63, 3.8) is 0 Å². The molecule has 0 aliphatic carbocycles. The van der Waals surface area contributed by atoms with Crippen molar-refractivity contribution in [2.75, 3.05) is 40.0 Å². The molecule has 0 saturated heterocycles. The minimum absolute atomic E-state index is 0.603. The fourth-order valence-corrected chi connectivity index (χ4v) is 2.48. The van der Waals surface area contributed by atoms with Gasteiger partial charge in [-0.15, -0.1) is 6.58 Å². The van der Waals surface area contributed by atoms with Crippen LogP contribution in [0, 0.1) is 0 Å². The van der Waals surface area contributed by atoms with Crippen LogP contribution in [0.15, 0.2) is 41.9 Å². The summed E-state index contributed by atoms with van der Waals surface area (Å²) < 4.78 is 10.9. The van der Waals surface area contributed by atoms with Crippen molar-refractivity contribution in [1.29, 1.82) is 0 Å². The summed E-state index contributed by atoms with van der Waals surface area (Å²) in [5.41, 5.74) is 2.35. The number of hydrogen-bond donors (Lipinski definition) is 1. The van der Waals surface area contributed by atoms with Crippen LogP contribution in [0.25, 0.3) is 0 Å². The first kappa shape index (κ1) is 22.2. The second kappa shape index (κ2) is 14.3. The third kappa shape index (κ3) is 9.59. The van der Waals surface area contributed by atoms with Gasteiger partial charge in [0.05, 0.1) is 26.4 Å². The van der Waals surface area contributed by atoms with E-state index in [2.05, 4.69) is 55.0 Å². The molecule has 0 amide bonds. The average molecular weight is 362 g/mol. The molecule has 1 N–H and O–H groups in total. The Labute approximate surface area is 159 Å². The zero-order valence-corrected chi connectivity index (χ0v) is 16.7. The normalized spacial score (nSPS) is 11.4. The Bertz CT molecular complexity index is 532. The van der Waals surface area contributed by atoms with Crippen LogP contribution in [0.4, 0.5) is 0 Å². The van der Waals surface area contributed by atoms with Gasteiger partial charge in [0.2, 0.25) is 0 Å². The van der Waals surface area contributed by atoms with Crippen molar-refractivity contribution in [2.45, 2.75) is 39.8 Å². The van der Waals surface area contributed by atoms with Crippen LogP contribution >= 0.6 is 0 Å². The van der Waals surface area contributed by atoms with Crippen LogP contribution in [0.1, 0.15) is 37.8 Å². The summed E-state index contributed by atoms with van der Waals surface area (Å²) in [4.78, 5) is 6.94. The number of aliphatic imine (C=N–C) groups is 1. The lowest BCUT2D eigenvalue weighted by molar-refractivity contribution is 0.0453. The zero-order chi connectivity index (χ0) is 19.0. The smallest absolute Gasteiger partial charge is 0.193 e. The maximum atomic E-state index is 5.64.